The van der Waals surface area contributed by atoms with Gasteiger partial charge in [-0.1, -0.05) is 6.07 Å². The predicted octanol–water partition coefficient (Wildman–Crippen LogP) is 0.549. The summed E-state index contributed by atoms with van der Waals surface area (Å²) >= 11 is 0. The molecule has 3 atom stereocenters. The quantitative estimate of drug-likeness (QED) is 0.338. The molecule has 5 rings (SSSR count). The minimum atomic E-state index is -3.72. The van der Waals surface area contributed by atoms with Gasteiger partial charge >= 0.3 is 0 Å². The number of sulfonamides is 2. The van der Waals surface area contributed by atoms with Crippen molar-refractivity contribution in [3.8, 4) is 11.6 Å². The van der Waals surface area contributed by atoms with Crippen LogP contribution in [-0.4, -0.2) is 109 Å². The third-order valence-electron chi connectivity index (χ3n) is 8.01. The van der Waals surface area contributed by atoms with E-state index >= 15 is 0 Å². The number of pyridine rings is 1. The van der Waals surface area contributed by atoms with Crippen LogP contribution >= 0.6 is 0 Å². The van der Waals surface area contributed by atoms with Gasteiger partial charge in [-0.25, -0.2) is 26.5 Å². The molecule has 1 spiro atoms. The summed E-state index contributed by atoms with van der Waals surface area (Å²) in [6.45, 7) is 3.99. The summed E-state index contributed by atoms with van der Waals surface area (Å²) in [6.07, 6.45) is 2.37. The van der Waals surface area contributed by atoms with E-state index in [0.717, 1.165) is 0 Å². The smallest absolute Gasteiger partial charge is 0.244 e. The highest BCUT2D eigenvalue weighted by Gasteiger charge is 2.45. The molecule has 0 bridgehead atoms. The van der Waals surface area contributed by atoms with Crippen LogP contribution in [0.5, 0.6) is 11.6 Å². The number of aromatic nitrogens is 1. The fourth-order valence-electron chi connectivity index (χ4n) is 5.65. The van der Waals surface area contributed by atoms with Gasteiger partial charge in [0, 0.05) is 38.8 Å². The van der Waals surface area contributed by atoms with Gasteiger partial charge in [0.25, 0.3) is 0 Å². The van der Waals surface area contributed by atoms with Gasteiger partial charge in [0.05, 0.1) is 29.8 Å². The van der Waals surface area contributed by atoms with Crippen molar-refractivity contribution in [3.63, 3.8) is 0 Å². The van der Waals surface area contributed by atoms with E-state index in [1.54, 1.807) is 18.2 Å². The molecule has 2 aromatic rings. The van der Waals surface area contributed by atoms with Gasteiger partial charge in [-0.05, 0) is 51.4 Å². The predicted molar refractivity (Wildman–Crippen MR) is 155 cm³/mol. The second-order valence-electron chi connectivity index (χ2n) is 11.2. The Balaban J connectivity index is 1.09. The number of nitrogens with one attached hydrogen (secondary N) is 2. The number of aliphatic hydroxyl groups excluding tert-OH is 1. The Morgan fingerprint density at radius 2 is 1.95 bits per heavy atom. The summed E-state index contributed by atoms with van der Waals surface area (Å²) in [5, 5.41) is 13.8. The third-order valence-corrected chi connectivity index (χ3v) is 11.3. The molecular formula is C27H39N5O8S2. The summed E-state index contributed by atoms with van der Waals surface area (Å²) < 4.78 is 72.1. The Morgan fingerprint density at radius 3 is 2.69 bits per heavy atom. The highest BCUT2D eigenvalue weighted by atomic mass is 32.2. The molecule has 3 N–H and O–H groups in total. The average molecular weight is 626 g/mol. The number of hydrogen-bond acceptors (Lipinski definition) is 11. The number of fused-ring (bicyclic) bond motifs is 1. The molecule has 232 valence electrons. The highest BCUT2D eigenvalue weighted by Crippen LogP contribution is 2.38. The summed E-state index contributed by atoms with van der Waals surface area (Å²) in [6, 6.07) is 7.72. The molecule has 0 saturated carbocycles. The molecule has 42 heavy (non-hydrogen) atoms. The zero-order valence-electron chi connectivity index (χ0n) is 24.0. The fraction of sp³-hybridized carbons (Fsp3) is 0.593. The van der Waals surface area contributed by atoms with Crippen molar-refractivity contribution in [2.24, 2.45) is 0 Å². The first-order valence-electron chi connectivity index (χ1n) is 14.0. The van der Waals surface area contributed by atoms with Crippen LogP contribution in [0.15, 0.2) is 46.3 Å². The standard InChI is InChI=1S/C27H39N5O8S2/c1-19-16-31(3)25-12-24(15-30-26(25)40-19)42(36,37)32-9-7-27(8-10-32)13-20(17-39-27)29-14-21(33)18-38-22-5-4-6-23(11-22)41(34,35)28-2/h4-6,11-12,15,19-21,28-29,33H,7-10,13-14,16-18H2,1-3H3/t19-,20+,21-/m0/s1. The number of anilines is 1. The molecule has 4 heterocycles. The summed E-state index contributed by atoms with van der Waals surface area (Å²) in [5.41, 5.74) is 0.251. The van der Waals surface area contributed by atoms with E-state index in [-0.39, 0.29) is 35.1 Å². The number of rotatable bonds is 10. The van der Waals surface area contributed by atoms with Gasteiger partial charge in [-0.15, -0.1) is 0 Å². The molecule has 3 aliphatic heterocycles. The van der Waals surface area contributed by atoms with Crippen molar-refractivity contribution in [2.75, 3.05) is 58.4 Å². The van der Waals surface area contributed by atoms with Crippen LogP contribution in [0, 0.1) is 0 Å². The highest BCUT2D eigenvalue weighted by molar-refractivity contribution is 7.89. The minimum Gasteiger partial charge on any atom is -0.491 e. The molecular weight excluding hydrogens is 586 g/mol. The van der Waals surface area contributed by atoms with Gasteiger partial charge in [-0.3, -0.25) is 0 Å². The van der Waals surface area contributed by atoms with Crippen LogP contribution in [0.25, 0.3) is 0 Å². The Kier molecular flexibility index (Phi) is 9.00. The van der Waals surface area contributed by atoms with Crippen molar-refractivity contribution < 1.29 is 36.2 Å². The first-order chi connectivity index (χ1) is 19.9. The molecule has 0 unspecified atom stereocenters. The molecule has 2 fully saturated rings. The van der Waals surface area contributed by atoms with Crippen molar-refractivity contribution in [1.29, 1.82) is 0 Å². The lowest BCUT2D eigenvalue weighted by molar-refractivity contribution is -0.0312. The van der Waals surface area contributed by atoms with E-state index in [1.165, 1.54) is 29.7 Å². The molecule has 13 nitrogen and oxygen atoms in total. The Hall–Kier alpha value is -2.53. The van der Waals surface area contributed by atoms with Gasteiger partial charge < -0.3 is 29.5 Å². The second-order valence-corrected chi connectivity index (χ2v) is 15.0. The molecule has 0 aliphatic carbocycles. The minimum absolute atomic E-state index is 0.00896. The SMILES string of the molecule is CNS(=O)(=O)c1cccc(OC[C@@H](O)CN[C@H]2COC3(CCN(S(=O)(=O)c4cnc5c(c4)N(C)C[C@H](C)O5)CC3)C2)c1. The van der Waals surface area contributed by atoms with Crippen LogP contribution in [0.2, 0.25) is 0 Å². The van der Waals surface area contributed by atoms with Gasteiger partial charge in [-0.2, -0.15) is 4.31 Å². The van der Waals surface area contributed by atoms with E-state index in [9.17, 15) is 21.9 Å². The number of likely N-dealkylation sites (N-methyl/N-ethyl adjacent to an activating group) is 1. The molecule has 15 heteroatoms. The monoisotopic (exact) mass is 625 g/mol. The average Bonchev–Trinajstić information content (AvgIpc) is 3.37. The Bertz CT molecular complexity index is 1480. The first kappa shape index (κ1) is 30.9. The van der Waals surface area contributed by atoms with E-state index < -0.39 is 31.8 Å². The number of piperidine rings is 1. The maximum atomic E-state index is 13.4. The zero-order chi connectivity index (χ0) is 30.1. The van der Waals surface area contributed by atoms with E-state index in [0.29, 0.717) is 62.8 Å². The number of hydrogen-bond donors (Lipinski definition) is 3. The first-order valence-corrected chi connectivity index (χ1v) is 16.9. The molecule has 1 aromatic carbocycles. The lowest BCUT2D eigenvalue weighted by atomic mass is 9.88. The Morgan fingerprint density at radius 1 is 1.19 bits per heavy atom. The van der Waals surface area contributed by atoms with Gasteiger partial charge in [0.15, 0.2) is 0 Å². The number of ether oxygens (including phenoxy) is 3. The zero-order valence-corrected chi connectivity index (χ0v) is 25.7. The lowest BCUT2D eigenvalue weighted by Gasteiger charge is -2.38. The van der Waals surface area contributed by atoms with E-state index in [1.807, 2.05) is 18.9 Å². The van der Waals surface area contributed by atoms with Crippen LogP contribution in [0.3, 0.4) is 0 Å². The fourth-order valence-corrected chi connectivity index (χ4v) is 7.82. The molecule has 0 radical (unpaired) electrons. The van der Waals surface area contributed by atoms with Crippen LogP contribution in [0.4, 0.5) is 5.69 Å². The largest absolute Gasteiger partial charge is 0.491 e. The second kappa shape index (κ2) is 12.2. The molecule has 3 aliphatic rings. The van der Waals surface area contributed by atoms with Crippen molar-refractivity contribution in [3.05, 3.63) is 36.5 Å². The van der Waals surface area contributed by atoms with Crippen molar-refractivity contribution >= 4 is 25.7 Å². The van der Waals surface area contributed by atoms with E-state index in [2.05, 4.69) is 15.0 Å². The normalized spacial score (nSPS) is 23.4. The van der Waals surface area contributed by atoms with E-state index in [4.69, 9.17) is 14.2 Å². The topological polar surface area (TPSA) is 160 Å². The van der Waals surface area contributed by atoms with Crippen LogP contribution in [-0.2, 0) is 24.8 Å². The molecule has 2 saturated heterocycles. The Labute approximate surface area is 247 Å². The summed E-state index contributed by atoms with van der Waals surface area (Å²) in [5.74, 6) is 0.785. The maximum Gasteiger partial charge on any atom is 0.244 e. The maximum absolute atomic E-state index is 13.4. The van der Waals surface area contributed by atoms with Crippen LogP contribution < -0.4 is 24.4 Å². The number of benzene rings is 1. The van der Waals surface area contributed by atoms with Gasteiger partial charge in [0.2, 0.25) is 25.9 Å². The number of aliphatic hydroxyl groups is 1. The van der Waals surface area contributed by atoms with Crippen LogP contribution in [0.1, 0.15) is 26.2 Å². The lowest BCUT2D eigenvalue weighted by Crippen LogP contribution is -2.47. The van der Waals surface area contributed by atoms with Crippen molar-refractivity contribution in [1.82, 2.24) is 19.3 Å². The molecule has 1 aromatic heterocycles. The molecule has 0 amide bonds. The third kappa shape index (κ3) is 6.67. The summed E-state index contributed by atoms with van der Waals surface area (Å²) in [7, 11) is -4.08. The van der Waals surface area contributed by atoms with Gasteiger partial charge in [0.1, 0.15) is 35.1 Å². The summed E-state index contributed by atoms with van der Waals surface area (Å²) in [4.78, 5) is 6.48. The van der Waals surface area contributed by atoms with Crippen molar-refractivity contribution in [2.45, 2.75) is 59.8 Å². The number of nitrogens with zero attached hydrogens (tertiary/aromatic N) is 3.